The van der Waals surface area contributed by atoms with Gasteiger partial charge < -0.3 is 20.1 Å². The quantitative estimate of drug-likeness (QED) is 0.774. The molecule has 0 aromatic carbocycles. The Morgan fingerprint density at radius 2 is 2.05 bits per heavy atom. The number of urea groups is 1. The number of ether oxygens (including phenoxy) is 1. The summed E-state index contributed by atoms with van der Waals surface area (Å²) in [5.74, 6) is 2.15. The highest BCUT2D eigenvalue weighted by molar-refractivity contribution is 7.99. The number of amides is 2. The minimum Gasteiger partial charge on any atom is -0.481 e. The maximum absolute atomic E-state index is 12.1. The molecule has 2 aliphatic rings. The molecule has 0 aromatic rings. The molecule has 2 N–H and O–H groups in total. The molecule has 0 aromatic heterocycles. The average Bonchev–Trinajstić information content (AvgIpc) is 2.98. The fourth-order valence-electron chi connectivity index (χ4n) is 2.63. The van der Waals surface area contributed by atoms with Crippen molar-refractivity contribution in [2.75, 3.05) is 37.7 Å². The molecule has 2 aliphatic heterocycles. The summed E-state index contributed by atoms with van der Waals surface area (Å²) in [6, 6.07) is 0.0240. The van der Waals surface area contributed by atoms with E-state index < -0.39 is 5.97 Å². The lowest BCUT2D eigenvalue weighted by atomic mass is 10.1. The monoisotopic (exact) mass is 316 g/mol. The third-order valence-electron chi connectivity index (χ3n) is 3.96. The first-order valence-electron chi connectivity index (χ1n) is 7.59. The normalized spacial score (nSPS) is 23.2. The van der Waals surface area contributed by atoms with E-state index in [4.69, 9.17) is 9.84 Å². The van der Waals surface area contributed by atoms with Gasteiger partial charge in [0.2, 0.25) is 0 Å². The summed E-state index contributed by atoms with van der Waals surface area (Å²) in [5, 5.41) is 11.6. The Morgan fingerprint density at radius 3 is 2.67 bits per heavy atom. The van der Waals surface area contributed by atoms with Crippen LogP contribution in [-0.2, 0) is 9.53 Å². The number of carboxylic acids is 1. The smallest absolute Gasteiger partial charge is 0.317 e. The number of likely N-dealkylation sites (tertiary alicyclic amines) is 1. The first-order chi connectivity index (χ1) is 10.1. The van der Waals surface area contributed by atoms with Crippen LogP contribution in [0.1, 0.15) is 25.7 Å². The van der Waals surface area contributed by atoms with Gasteiger partial charge in [0, 0.05) is 19.6 Å². The Balaban J connectivity index is 1.59. The van der Waals surface area contributed by atoms with Crippen molar-refractivity contribution in [1.29, 1.82) is 0 Å². The zero-order valence-corrected chi connectivity index (χ0v) is 13.1. The Hall–Kier alpha value is -0.950. The molecule has 1 atom stereocenters. The predicted octanol–water partition coefficient (Wildman–Crippen LogP) is 1.40. The van der Waals surface area contributed by atoms with Crippen LogP contribution < -0.4 is 5.32 Å². The first kappa shape index (κ1) is 16.4. The largest absolute Gasteiger partial charge is 0.481 e. The van der Waals surface area contributed by atoms with Crippen LogP contribution >= 0.6 is 11.8 Å². The summed E-state index contributed by atoms with van der Waals surface area (Å²) in [6.07, 6.45) is 2.89. The predicted molar refractivity (Wildman–Crippen MR) is 81.6 cm³/mol. The number of carbonyl (C=O) groups is 2. The van der Waals surface area contributed by atoms with Gasteiger partial charge in [-0.15, -0.1) is 0 Å². The van der Waals surface area contributed by atoms with E-state index in [9.17, 15) is 9.59 Å². The molecule has 2 amide bonds. The van der Waals surface area contributed by atoms with Crippen LogP contribution in [0.3, 0.4) is 0 Å². The van der Waals surface area contributed by atoms with E-state index in [0.717, 1.165) is 25.1 Å². The number of thioether (sulfide) groups is 1. The fourth-order valence-corrected chi connectivity index (χ4v) is 3.91. The van der Waals surface area contributed by atoms with E-state index in [0.29, 0.717) is 19.0 Å². The Labute approximate surface area is 129 Å². The van der Waals surface area contributed by atoms with Gasteiger partial charge in [0.1, 0.15) is 0 Å². The van der Waals surface area contributed by atoms with E-state index in [1.807, 2.05) is 16.7 Å². The molecule has 21 heavy (non-hydrogen) atoms. The summed E-state index contributed by atoms with van der Waals surface area (Å²) in [5.41, 5.74) is 0. The Morgan fingerprint density at radius 1 is 1.29 bits per heavy atom. The van der Waals surface area contributed by atoms with Crippen LogP contribution in [0.4, 0.5) is 4.79 Å². The van der Waals surface area contributed by atoms with Crippen molar-refractivity contribution in [1.82, 2.24) is 10.2 Å². The second-order valence-electron chi connectivity index (χ2n) is 5.62. The van der Waals surface area contributed by atoms with Crippen molar-refractivity contribution < 1.29 is 19.4 Å². The summed E-state index contributed by atoms with van der Waals surface area (Å²) < 4.78 is 5.52. The van der Waals surface area contributed by atoms with Crippen LogP contribution in [-0.4, -0.2) is 65.9 Å². The summed E-state index contributed by atoms with van der Waals surface area (Å²) in [4.78, 5) is 24.3. The van der Waals surface area contributed by atoms with Crippen molar-refractivity contribution >= 4 is 23.8 Å². The lowest BCUT2D eigenvalue weighted by Crippen LogP contribution is -2.47. The van der Waals surface area contributed by atoms with Gasteiger partial charge in [-0.3, -0.25) is 4.79 Å². The highest BCUT2D eigenvalue weighted by Gasteiger charge is 2.24. The highest BCUT2D eigenvalue weighted by atomic mass is 32.2. The number of carboxylic acid groups (broad SMARTS) is 1. The van der Waals surface area contributed by atoms with Gasteiger partial charge in [-0.2, -0.15) is 11.8 Å². The van der Waals surface area contributed by atoms with E-state index in [1.165, 1.54) is 12.2 Å². The summed E-state index contributed by atoms with van der Waals surface area (Å²) >= 11 is 1.96. The number of hydrogen-bond acceptors (Lipinski definition) is 4. The minimum absolute atomic E-state index is 0.0240. The third kappa shape index (κ3) is 5.74. The molecular formula is C14H24N2O4S. The van der Waals surface area contributed by atoms with Crippen LogP contribution in [0.2, 0.25) is 0 Å². The first-order valence-corrected chi connectivity index (χ1v) is 8.74. The summed E-state index contributed by atoms with van der Waals surface area (Å²) in [7, 11) is 0. The molecule has 0 aliphatic carbocycles. The fraction of sp³-hybridized carbons (Fsp3) is 0.857. The van der Waals surface area contributed by atoms with Gasteiger partial charge in [0.15, 0.2) is 0 Å². The van der Waals surface area contributed by atoms with Gasteiger partial charge in [-0.05, 0) is 36.7 Å². The highest BCUT2D eigenvalue weighted by Crippen LogP contribution is 2.22. The number of hydrogen-bond donors (Lipinski definition) is 2. The van der Waals surface area contributed by atoms with Crippen molar-refractivity contribution in [3.63, 3.8) is 0 Å². The Bertz CT molecular complexity index is 353. The second-order valence-corrected chi connectivity index (χ2v) is 6.77. The van der Waals surface area contributed by atoms with Crippen LogP contribution in [0.5, 0.6) is 0 Å². The van der Waals surface area contributed by atoms with Crippen LogP contribution in [0, 0.1) is 5.92 Å². The molecule has 0 bridgehead atoms. The minimum atomic E-state index is -0.836. The van der Waals surface area contributed by atoms with Gasteiger partial charge in [-0.25, -0.2) is 4.79 Å². The second kappa shape index (κ2) is 8.48. The molecule has 0 radical (unpaired) electrons. The van der Waals surface area contributed by atoms with Crippen molar-refractivity contribution in [2.45, 2.75) is 31.8 Å². The van der Waals surface area contributed by atoms with Gasteiger partial charge in [-0.1, -0.05) is 0 Å². The van der Waals surface area contributed by atoms with Gasteiger partial charge >= 0.3 is 12.0 Å². The van der Waals surface area contributed by atoms with E-state index in [-0.39, 0.29) is 25.2 Å². The zero-order chi connectivity index (χ0) is 15.1. The molecule has 0 spiro atoms. The molecule has 7 heteroatoms. The molecule has 2 heterocycles. The number of nitrogens with zero attached hydrogens (tertiary/aromatic N) is 1. The Kier molecular flexibility index (Phi) is 6.63. The lowest BCUT2D eigenvalue weighted by Gasteiger charge is -2.32. The maximum Gasteiger partial charge on any atom is 0.317 e. The van der Waals surface area contributed by atoms with Crippen molar-refractivity contribution in [2.24, 2.45) is 5.92 Å². The van der Waals surface area contributed by atoms with E-state index in [1.54, 1.807) is 0 Å². The maximum atomic E-state index is 12.1. The van der Waals surface area contributed by atoms with Gasteiger partial charge in [0.05, 0.1) is 19.1 Å². The molecular weight excluding hydrogens is 292 g/mol. The number of carbonyl (C=O) groups excluding carboxylic acids is 1. The third-order valence-corrected chi connectivity index (χ3v) is 5.20. The molecule has 0 saturated carbocycles. The number of nitrogens with one attached hydrogen (secondary N) is 1. The van der Waals surface area contributed by atoms with Gasteiger partial charge in [0.25, 0.3) is 0 Å². The summed E-state index contributed by atoms with van der Waals surface area (Å²) in [6.45, 7) is 2.40. The molecule has 120 valence electrons. The average molecular weight is 316 g/mol. The van der Waals surface area contributed by atoms with E-state index in [2.05, 4.69) is 5.32 Å². The zero-order valence-electron chi connectivity index (χ0n) is 12.3. The molecule has 6 nitrogen and oxygen atoms in total. The molecule has 2 saturated heterocycles. The van der Waals surface area contributed by atoms with Crippen molar-refractivity contribution in [3.8, 4) is 0 Å². The lowest BCUT2D eigenvalue weighted by molar-refractivity contribution is -0.138. The molecule has 2 rings (SSSR count). The number of piperidine rings is 1. The topological polar surface area (TPSA) is 78.9 Å². The molecule has 2 fully saturated rings. The standard InChI is InChI=1S/C14H24N2O4S/c17-13(18)3-7-20-12-1-5-16(6-2-12)14(19)15-9-11-4-8-21-10-11/h11-12H,1-10H2,(H,15,19)(H,17,18). The number of rotatable bonds is 6. The van der Waals surface area contributed by atoms with Crippen LogP contribution in [0.25, 0.3) is 0 Å². The SMILES string of the molecule is O=C(O)CCOC1CCN(C(=O)NCC2CCSC2)CC1. The van der Waals surface area contributed by atoms with E-state index >= 15 is 0 Å². The van der Waals surface area contributed by atoms with Crippen molar-refractivity contribution in [3.05, 3.63) is 0 Å². The van der Waals surface area contributed by atoms with Crippen LogP contribution in [0.15, 0.2) is 0 Å². The molecule has 1 unspecified atom stereocenters. The number of aliphatic carboxylic acids is 1.